The highest BCUT2D eigenvalue weighted by molar-refractivity contribution is 7.90. The van der Waals surface area contributed by atoms with Crippen LogP contribution < -0.4 is 0 Å². The molecule has 1 aromatic rings. The van der Waals surface area contributed by atoms with Crippen molar-refractivity contribution in [3.63, 3.8) is 0 Å². The van der Waals surface area contributed by atoms with E-state index in [0.717, 1.165) is 6.26 Å². The Morgan fingerprint density at radius 1 is 1.36 bits per heavy atom. The summed E-state index contributed by atoms with van der Waals surface area (Å²) in [5.41, 5.74) is 0.538. The van der Waals surface area contributed by atoms with Crippen LogP contribution in [0.4, 0.5) is 0 Å². The molecule has 0 aliphatic carbocycles. The van der Waals surface area contributed by atoms with Crippen molar-refractivity contribution in [1.29, 1.82) is 5.26 Å². The molecule has 1 rings (SSSR count). The molecule has 0 heterocycles. The molecule has 0 saturated carbocycles. The van der Waals surface area contributed by atoms with Crippen LogP contribution >= 0.6 is 0 Å². The Bertz CT molecular complexity index is 495. The van der Waals surface area contributed by atoms with Gasteiger partial charge in [0, 0.05) is 12.3 Å². The Morgan fingerprint density at radius 3 is 2.57 bits per heavy atom. The fourth-order valence-corrected chi connectivity index (χ4v) is 1.97. The number of allylic oxidation sites excluding steroid dienone is 1. The molecule has 0 aliphatic rings. The van der Waals surface area contributed by atoms with Crippen molar-refractivity contribution in [1.82, 2.24) is 0 Å². The third kappa shape index (κ3) is 2.44. The van der Waals surface area contributed by atoms with E-state index in [-0.39, 0.29) is 4.90 Å². The standard InChI is InChI=1S/C10H9NO2S/c1-14(12,13)10-7-3-2-5-9(10)6-4-8-11/h2-7H,1H3/b6-4+. The lowest BCUT2D eigenvalue weighted by molar-refractivity contribution is 0.601. The molecular formula is C10H9NO2S. The van der Waals surface area contributed by atoms with Gasteiger partial charge in [0.2, 0.25) is 0 Å². The van der Waals surface area contributed by atoms with E-state index < -0.39 is 9.84 Å². The number of benzene rings is 1. The van der Waals surface area contributed by atoms with E-state index in [0.29, 0.717) is 5.56 Å². The van der Waals surface area contributed by atoms with Gasteiger partial charge in [-0.05, 0) is 17.7 Å². The van der Waals surface area contributed by atoms with Crippen LogP contribution in [0.3, 0.4) is 0 Å². The SMILES string of the molecule is CS(=O)(=O)c1ccccc1/C=C/C#N. The summed E-state index contributed by atoms with van der Waals surface area (Å²) < 4.78 is 22.6. The van der Waals surface area contributed by atoms with E-state index in [9.17, 15) is 8.42 Å². The second-order valence-corrected chi connectivity index (χ2v) is 4.76. The Morgan fingerprint density at radius 2 is 2.00 bits per heavy atom. The van der Waals surface area contributed by atoms with Gasteiger partial charge in [0.1, 0.15) is 0 Å². The summed E-state index contributed by atoms with van der Waals surface area (Å²) in [6.07, 6.45) is 3.88. The Kier molecular flexibility index (Phi) is 3.05. The molecule has 1 aromatic carbocycles. The van der Waals surface area contributed by atoms with Crippen molar-refractivity contribution in [2.24, 2.45) is 0 Å². The van der Waals surface area contributed by atoms with E-state index in [1.807, 2.05) is 6.07 Å². The fourth-order valence-electron chi connectivity index (χ4n) is 1.08. The average Bonchev–Trinajstić information content (AvgIpc) is 2.14. The molecular weight excluding hydrogens is 198 g/mol. The molecule has 0 radical (unpaired) electrons. The second-order valence-electron chi connectivity index (χ2n) is 2.77. The molecule has 0 saturated heterocycles. The Labute approximate surface area is 83.2 Å². The number of rotatable bonds is 2. The van der Waals surface area contributed by atoms with Gasteiger partial charge in [-0.2, -0.15) is 5.26 Å². The van der Waals surface area contributed by atoms with E-state index in [1.165, 1.54) is 18.2 Å². The van der Waals surface area contributed by atoms with Gasteiger partial charge in [-0.1, -0.05) is 18.2 Å². The minimum absolute atomic E-state index is 0.242. The van der Waals surface area contributed by atoms with E-state index in [2.05, 4.69) is 0 Å². The molecule has 0 atom stereocenters. The Hall–Kier alpha value is -1.60. The third-order valence-electron chi connectivity index (χ3n) is 1.66. The van der Waals surface area contributed by atoms with Gasteiger partial charge in [-0.25, -0.2) is 8.42 Å². The highest BCUT2D eigenvalue weighted by Crippen LogP contribution is 2.16. The number of hydrogen-bond acceptors (Lipinski definition) is 3. The largest absolute Gasteiger partial charge is 0.224 e. The zero-order valence-corrected chi connectivity index (χ0v) is 8.45. The average molecular weight is 207 g/mol. The normalized spacial score (nSPS) is 11.4. The molecule has 0 unspecified atom stereocenters. The molecule has 0 bridgehead atoms. The van der Waals surface area contributed by atoms with Crippen LogP contribution in [0.5, 0.6) is 0 Å². The molecule has 0 N–H and O–H groups in total. The van der Waals surface area contributed by atoms with Gasteiger partial charge >= 0.3 is 0 Å². The number of nitriles is 1. The molecule has 0 fully saturated rings. The molecule has 0 spiro atoms. The minimum atomic E-state index is -3.22. The van der Waals surface area contributed by atoms with Gasteiger partial charge in [0.25, 0.3) is 0 Å². The van der Waals surface area contributed by atoms with Crippen LogP contribution in [0.2, 0.25) is 0 Å². The number of hydrogen-bond donors (Lipinski definition) is 0. The minimum Gasteiger partial charge on any atom is -0.224 e. The fraction of sp³-hybridized carbons (Fsp3) is 0.100. The summed E-state index contributed by atoms with van der Waals surface area (Å²) in [6, 6.07) is 8.38. The van der Waals surface area contributed by atoms with Crippen LogP contribution in [0.25, 0.3) is 6.08 Å². The topological polar surface area (TPSA) is 57.9 Å². The van der Waals surface area contributed by atoms with Gasteiger partial charge in [-0.15, -0.1) is 0 Å². The molecule has 72 valence electrons. The lowest BCUT2D eigenvalue weighted by Crippen LogP contribution is -1.99. The summed E-state index contributed by atoms with van der Waals surface area (Å²) in [6.45, 7) is 0. The predicted octanol–water partition coefficient (Wildman–Crippen LogP) is 1.63. The smallest absolute Gasteiger partial charge is 0.176 e. The summed E-state index contributed by atoms with van der Waals surface area (Å²) in [4.78, 5) is 0.242. The van der Waals surface area contributed by atoms with Crippen LogP contribution in [0.15, 0.2) is 35.2 Å². The summed E-state index contributed by atoms with van der Waals surface area (Å²) in [7, 11) is -3.22. The molecule has 0 amide bonds. The highest BCUT2D eigenvalue weighted by atomic mass is 32.2. The van der Waals surface area contributed by atoms with Crippen LogP contribution in [-0.4, -0.2) is 14.7 Å². The number of sulfone groups is 1. The van der Waals surface area contributed by atoms with Crippen LogP contribution in [0, 0.1) is 11.3 Å². The molecule has 0 aliphatic heterocycles. The first kappa shape index (κ1) is 10.5. The van der Waals surface area contributed by atoms with E-state index in [1.54, 1.807) is 18.2 Å². The maximum atomic E-state index is 11.3. The Balaban J connectivity index is 3.32. The zero-order chi connectivity index (χ0) is 10.6. The van der Waals surface area contributed by atoms with Gasteiger partial charge < -0.3 is 0 Å². The predicted molar refractivity (Wildman–Crippen MR) is 54.2 cm³/mol. The first-order valence-corrected chi connectivity index (χ1v) is 5.80. The van der Waals surface area contributed by atoms with Gasteiger partial charge in [-0.3, -0.25) is 0 Å². The van der Waals surface area contributed by atoms with Crippen LogP contribution in [-0.2, 0) is 9.84 Å². The zero-order valence-electron chi connectivity index (χ0n) is 7.64. The van der Waals surface area contributed by atoms with E-state index in [4.69, 9.17) is 5.26 Å². The van der Waals surface area contributed by atoms with Gasteiger partial charge in [0.05, 0.1) is 11.0 Å². The lowest BCUT2D eigenvalue weighted by atomic mass is 10.2. The maximum absolute atomic E-state index is 11.3. The van der Waals surface area contributed by atoms with Crippen molar-refractivity contribution < 1.29 is 8.42 Å². The number of nitrogens with zero attached hydrogens (tertiary/aromatic N) is 1. The van der Waals surface area contributed by atoms with Crippen molar-refractivity contribution >= 4 is 15.9 Å². The second kappa shape index (κ2) is 4.07. The molecule has 14 heavy (non-hydrogen) atoms. The summed E-state index contributed by atoms with van der Waals surface area (Å²) >= 11 is 0. The van der Waals surface area contributed by atoms with Crippen molar-refractivity contribution in [3.05, 3.63) is 35.9 Å². The molecule has 3 nitrogen and oxygen atoms in total. The van der Waals surface area contributed by atoms with Gasteiger partial charge in [0.15, 0.2) is 9.84 Å². The summed E-state index contributed by atoms with van der Waals surface area (Å²) in [5, 5.41) is 8.34. The van der Waals surface area contributed by atoms with Crippen molar-refractivity contribution in [2.75, 3.05) is 6.26 Å². The molecule has 4 heteroatoms. The van der Waals surface area contributed by atoms with Crippen molar-refractivity contribution in [2.45, 2.75) is 4.90 Å². The third-order valence-corrected chi connectivity index (χ3v) is 2.83. The van der Waals surface area contributed by atoms with Crippen molar-refractivity contribution in [3.8, 4) is 6.07 Å². The van der Waals surface area contributed by atoms with E-state index >= 15 is 0 Å². The lowest BCUT2D eigenvalue weighted by Gasteiger charge is -2.01. The van der Waals surface area contributed by atoms with Crippen LogP contribution in [0.1, 0.15) is 5.56 Å². The molecule has 0 aromatic heterocycles. The highest BCUT2D eigenvalue weighted by Gasteiger charge is 2.09. The quantitative estimate of drug-likeness (QED) is 0.692. The monoisotopic (exact) mass is 207 g/mol. The first-order chi connectivity index (χ1) is 6.55. The first-order valence-electron chi connectivity index (χ1n) is 3.91. The summed E-state index contributed by atoms with van der Waals surface area (Å²) in [5.74, 6) is 0. The maximum Gasteiger partial charge on any atom is 0.176 e.